The molecule has 0 spiro atoms. The van der Waals surface area contributed by atoms with Crippen LogP contribution in [0.4, 0.5) is 5.69 Å². The van der Waals surface area contributed by atoms with E-state index >= 15 is 0 Å². The van der Waals surface area contributed by atoms with Gasteiger partial charge in [0.25, 0.3) is 0 Å². The number of nitrogens with two attached hydrogens (primary N) is 1. The van der Waals surface area contributed by atoms with Crippen LogP contribution in [0.15, 0.2) is 24.3 Å². The summed E-state index contributed by atoms with van der Waals surface area (Å²) in [6.45, 7) is 6.36. The Morgan fingerprint density at radius 1 is 1.19 bits per heavy atom. The maximum atomic E-state index is 12.8. The van der Waals surface area contributed by atoms with Crippen molar-refractivity contribution in [3.05, 3.63) is 29.8 Å². The van der Waals surface area contributed by atoms with Crippen LogP contribution in [0.5, 0.6) is 0 Å². The molecule has 1 aliphatic carbocycles. The summed E-state index contributed by atoms with van der Waals surface area (Å²) in [6, 6.07) is 7.91. The molecular formula is C18H28N2O. The fourth-order valence-corrected chi connectivity index (χ4v) is 3.49. The van der Waals surface area contributed by atoms with E-state index in [4.69, 9.17) is 5.73 Å². The summed E-state index contributed by atoms with van der Waals surface area (Å²) in [5, 5.41) is 3.12. The Labute approximate surface area is 128 Å². The van der Waals surface area contributed by atoms with E-state index in [1.165, 1.54) is 12.8 Å². The molecule has 1 saturated carbocycles. The molecule has 0 radical (unpaired) electrons. The van der Waals surface area contributed by atoms with Gasteiger partial charge in [-0.05, 0) is 49.8 Å². The van der Waals surface area contributed by atoms with E-state index in [9.17, 15) is 4.79 Å². The Kier molecular flexibility index (Phi) is 5.04. The summed E-state index contributed by atoms with van der Waals surface area (Å²) in [5.41, 5.74) is 7.66. The van der Waals surface area contributed by atoms with Crippen LogP contribution in [0.3, 0.4) is 0 Å². The molecule has 1 fully saturated rings. The molecule has 2 rings (SSSR count). The molecule has 1 amide bonds. The third kappa shape index (κ3) is 3.85. The summed E-state index contributed by atoms with van der Waals surface area (Å²) in [7, 11) is 0. The zero-order valence-corrected chi connectivity index (χ0v) is 13.5. The highest BCUT2D eigenvalue weighted by molar-refractivity contribution is 5.95. The minimum Gasteiger partial charge on any atom is -0.326 e. The van der Waals surface area contributed by atoms with Gasteiger partial charge in [0, 0.05) is 17.1 Å². The van der Waals surface area contributed by atoms with Crippen LogP contribution in [-0.4, -0.2) is 5.91 Å². The topological polar surface area (TPSA) is 55.1 Å². The molecule has 1 aromatic carbocycles. The lowest BCUT2D eigenvalue weighted by Gasteiger charge is -2.29. The predicted molar refractivity (Wildman–Crippen MR) is 88.0 cm³/mol. The molecular weight excluding hydrogens is 260 g/mol. The SMILES string of the molecule is CC(C)CC1(C(=O)Nc2ccc(C(C)N)cc2)CCCC1. The van der Waals surface area contributed by atoms with Crippen LogP contribution < -0.4 is 11.1 Å². The highest BCUT2D eigenvalue weighted by Crippen LogP contribution is 2.44. The Hall–Kier alpha value is -1.35. The number of nitrogens with one attached hydrogen (secondary N) is 1. The zero-order valence-electron chi connectivity index (χ0n) is 13.5. The summed E-state index contributed by atoms with van der Waals surface area (Å²) < 4.78 is 0. The van der Waals surface area contributed by atoms with E-state index in [2.05, 4.69) is 19.2 Å². The van der Waals surface area contributed by atoms with Crippen molar-refractivity contribution < 1.29 is 4.79 Å². The molecule has 1 unspecified atom stereocenters. The van der Waals surface area contributed by atoms with Crippen molar-refractivity contribution in [1.29, 1.82) is 0 Å². The van der Waals surface area contributed by atoms with E-state index in [-0.39, 0.29) is 17.4 Å². The van der Waals surface area contributed by atoms with Crippen LogP contribution in [-0.2, 0) is 4.79 Å². The van der Waals surface area contributed by atoms with E-state index in [0.29, 0.717) is 5.92 Å². The molecule has 0 aliphatic heterocycles. The predicted octanol–water partition coefficient (Wildman–Crippen LogP) is 4.25. The average molecular weight is 288 g/mol. The molecule has 1 aliphatic rings. The number of carbonyl (C=O) groups excluding carboxylic acids is 1. The van der Waals surface area contributed by atoms with Gasteiger partial charge in [0.1, 0.15) is 0 Å². The smallest absolute Gasteiger partial charge is 0.230 e. The lowest BCUT2D eigenvalue weighted by molar-refractivity contribution is -0.126. The summed E-state index contributed by atoms with van der Waals surface area (Å²) in [4.78, 5) is 12.8. The molecule has 3 nitrogen and oxygen atoms in total. The van der Waals surface area contributed by atoms with Crippen molar-refractivity contribution in [3.8, 4) is 0 Å². The molecule has 0 saturated heterocycles. The van der Waals surface area contributed by atoms with E-state index in [0.717, 1.165) is 30.5 Å². The second kappa shape index (κ2) is 6.61. The molecule has 1 aromatic rings. The van der Waals surface area contributed by atoms with Gasteiger partial charge in [-0.25, -0.2) is 0 Å². The van der Waals surface area contributed by atoms with Gasteiger partial charge < -0.3 is 11.1 Å². The Morgan fingerprint density at radius 3 is 2.24 bits per heavy atom. The fourth-order valence-electron chi connectivity index (χ4n) is 3.49. The molecule has 0 bridgehead atoms. The van der Waals surface area contributed by atoms with Crippen molar-refractivity contribution in [2.75, 3.05) is 5.32 Å². The molecule has 21 heavy (non-hydrogen) atoms. The second-order valence-electron chi connectivity index (χ2n) is 6.95. The minimum absolute atomic E-state index is 0.0249. The number of anilines is 1. The van der Waals surface area contributed by atoms with Crippen LogP contribution in [0.25, 0.3) is 0 Å². The molecule has 3 heteroatoms. The van der Waals surface area contributed by atoms with E-state index < -0.39 is 0 Å². The van der Waals surface area contributed by atoms with E-state index in [1.54, 1.807) is 0 Å². The minimum atomic E-state index is -0.159. The van der Waals surface area contributed by atoms with Gasteiger partial charge in [-0.3, -0.25) is 4.79 Å². The number of rotatable bonds is 5. The van der Waals surface area contributed by atoms with Crippen LogP contribution in [0, 0.1) is 11.3 Å². The third-order valence-electron chi connectivity index (χ3n) is 4.54. The van der Waals surface area contributed by atoms with Crippen molar-refractivity contribution in [1.82, 2.24) is 0 Å². The first-order valence-corrected chi connectivity index (χ1v) is 8.10. The summed E-state index contributed by atoms with van der Waals surface area (Å²) in [5.74, 6) is 0.747. The molecule has 0 aromatic heterocycles. The van der Waals surface area contributed by atoms with Gasteiger partial charge in [-0.2, -0.15) is 0 Å². The normalized spacial score (nSPS) is 18.7. The van der Waals surface area contributed by atoms with Crippen LogP contribution >= 0.6 is 0 Å². The molecule has 0 heterocycles. The van der Waals surface area contributed by atoms with Gasteiger partial charge in [-0.1, -0.05) is 38.8 Å². The number of hydrogen-bond acceptors (Lipinski definition) is 2. The number of carbonyl (C=O) groups is 1. The van der Waals surface area contributed by atoms with Crippen LogP contribution in [0.1, 0.15) is 64.5 Å². The van der Waals surface area contributed by atoms with Crippen molar-refractivity contribution in [3.63, 3.8) is 0 Å². The maximum Gasteiger partial charge on any atom is 0.230 e. The van der Waals surface area contributed by atoms with Gasteiger partial charge >= 0.3 is 0 Å². The van der Waals surface area contributed by atoms with Crippen molar-refractivity contribution in [2.24, 2.45) is 17.1 Å². The molecule has 1 atom stereocenters. The second-order valence-corrected chi connectivity index (χ2v) is 6.95. The Balaban J connectivity index is 2.08. The quantitative estimate of drug-likeness (QED) is 0.851. The highest BCUT2D eigenvalue weighted by Gasteiger charge is 2.41. The zero-order chi connectivity index (χ0) is 15.5. The monoisotopic (exact) mass is 288 g/mol. The number of hydrogen-bond donors (Lipinski definition) is 2. The Bertz CT molecular complexity index is 470. The first kappa shape index (κ1) is 16.0. The number of benzene rings is 1. The Morgan fingerprint density at radius 2 is 1.76 bits per heavy atom. The first-order valence-electron chi connectivity index (χ1n) is 8.10. The van der Waals surface area contributed by atoms with E-state index in [1.807, 2.05) is 31.2 Å². The van der Waals surface area contributed by atoms with Gasteiger partial charge in [0.15, 0.2) is 0 Å². The lowest BCUT2D eigenvalue weighted by atomic mass is 9.77. The fraction of sp³-hybridized carbons (Fsp3) is 0.611. The summed E-state index contributed by atoms with van der Waals surface area (Å²) in [6.07, 6.45) is 5.37. The van der Waals surface area contributed by atoms with Gasteiger partial charge in [0.05, 0.1) is 0 Å². The average Bonchev–Trinajstić information content (AvgIpc) is 2.88. The molecule has 3 N–H and O–H groups in total. The van der Waals surface area contributed by atoms with Gasteiger partial charge in [0.2, 0.25) is 5.91 Å². The standard InChI is InChI=1S/C18H28N2O/c1-13(2)12-18(10-4-5-11-18)17(21)20-16-8-6-15(7-9-16)14(3)19/h6-9,13-14H,4-5,10-12,19H2,1-3H3,(H,20,21). The first-order chi connectivity index (χ1) is 9.93. The van der Waals surface area contributed by atoms with Crippen LogP contribution in [0.2, 0.25) is 0 Å². The molecule has 116 valence electrons. The lowest BCUT2D eigenvalue weighted by Crippen LogP contribution is -2.35. The van der Waals surface area contributed by atoms with Crippen molar-refractivity contribution in [2.45, 2.75) is 58.9 Å². The number of amides is 1. The highest BCUT2D eigenvalue weighted by atomic mass is 16.2. The third-order valence-corrected chi connectivity index (χ3v) is 4.54. The summed E-state index contributed by atoms with van der Waals surface area (Å²) >= 11 is 0. The van der Waals surface area contributed by atoms with Crippen molar-refractivity contribution >= 4 is 11.6 Å². The van der Waals surface area contributed by atoms with Gasteiger partial charge in [-0.15, -0.1) is 0 Å². The largest absolute Gasteiger partial charge is 0.326 e. The maximum absolute atomic E-state index is 12.8.